The highest BCUT2D eigenvalue weighted by Gasteiger charge is 2.52. The van der Waals surface area contributed by atoms with Crippen molar-refractivity contribution in [2.45, 2.75) is 43.6 Å². The molecule has 1 fully saturated rings. The maximum absolute atomic E-state index is 14.3. The van der Waals surface area contributed by atoms with Crippen LogP contribution in [0.15, 0.2) is 30.5 Å². The zero-order valence-electron chi connectivity index (χ0n) is 18.3. The second-order valence-corrected chi connectivity index (χ2v) is 7.99. The van der Waals surface area contributed by atoms with E-state index >= 15 is 0 Å². The Balaban J connectivity index is 1.98. The number of nitrogens with one attached hydrogen (secondary N) is 1. The highest BCUT2D eigenvalue weighted by Crippen LogP contribution is 2.49. The second-order valence-electron chi connectivity index (χ2n) is 7.99. The molecule has 7 nitrogen and oxygen atoms in total. The lowest BCUT2D eigenvalue weighted by Gasteiger charge is -2.25. The first-order valence-corrected chi connectivity index (χ1v) is 9.99. The Bertz CT molecular complexity index is 1090. The predicted molar refractivity (Wildman–Crippen MR) is 108 cm³/mol. The average Bonchev–Trinajstić information content (AvgIpc) is 3.10. The summed E-state index contributed by atoms with van der Waals surface area (Å²) in [5.41, 5.74) is -1.86. The number of esters is 1. The van der Waals surface area contributed by atoms with Gasteiger partial charge in [-0.2, -0.15) is 17.6 Å². The summed E-state index contributed by atoms with van der Waals surface area (Å²) in [5, 5.41) is 2.47. The Hall–Kier alpha value is -3.28. The Morgan fingerprint density at radius 2 is 1.94 bits per heavy atom. The molecule has 3 rings (SSSR count). The van der Waals surface area contributed by atoms with E-state index in [0.29, 0.717) is 0 Å². The van der Waals surface area contributed by atoms with Crippen molar-refractivity contribution in [2.75, 3.05) is 19.5 Å². The van der Waals surface area contributed by atoms with Crippen molar-refractivity contribution in [3.05, 3.63) is 53.4 Å². The summed E-state index contributed by atoms with van der Waals surface area (Å²) >= 11 is 0. The van der Waals surface area contributed by atoms with Crippen molar-refractivity contribution in [1.29, 1.82) is 0 Å². The maximum atomic E-state index is 14.3. The molecule has 1 aromatic carbocycles. The van der Waals surface area contributed by atoms with Gasteiger partial charge in [-0.3, -0.25) is 4.79 Å². The molecular formula is C22H21F5N2O5. The topological polar surface area (TPSA) is 86.8 Å². The Labute approximate surface area is 191 Å². The molecule has 1 aliphatic heterocycles. The molecule has 0 aliphatic carbocycles. The van der Waals surface area contributed by atoms with Crippen LogP contribution >= 0.6 is 0 Å². The quantitative estimate of drug-likeness (QED) is 0.480. The number of carbonyl (C=O) groups excluding carboxylic acids is 2. The van der Waals surface area contributed by atoms with Crippen molar-refractivity contribution >= 4 is 17.6 Å². The Morgan fingerprint density at radius 1 is 1.24 bits per heavy atom. The van der Waals surface area contributed by atoms with Gasteiger partial charge in [-0.05, 0) is 31.5 Å². The van der Waals surface area contributed by atoms with Crippen molar-refractivity contribution in [3.8, 4) is 5.75 Å². The van der Waals surface area contributed by atoms with Gasteiger partial charge < -0.3 is 19.5 Å². The first-order chi connectivity index (χ1) is 15.9. The lowest BCUT2D eigenvalue weighted by molar-refractivity contribution is -0.182. The molecule has 1 amide bonds. The first kappa shape index (κ1) is 25.3. The van der Waals surface area contributed by atoms with Crippen LogP contribution in [0.25, 0.3) is 0 Å². The van der Waals surface area contributed by atoms with E-state index in [1.165, 1.54) is 25.3 Å². The fourth-order valence-electron chi connectivity index (χ4n) is 4.04. The number of ether oxygens (including phenoxy) is 3. The first-order valence-electron chi connectivity index (χ1n) is 9.99. The molecule has 0 spiro atoms. The van der Waals surface area contributed by atoms with Crippen LogP contribution in [-0.4, -0.2) is 49.0 Å². The number of pyridine rings is 1. The summed E-state index contributed by atoms with van der Waals surface area (Å²) < 4.78 is 82.8. The van der Waals surface area contributed by atoms with Crippen LogP contribution < -0.4 is 10.1 Å². The van der Waals surface area contributed by atoms with E-state index in [1.54, 1.807) is 0 Å². The van der Waals surface area contributed by atoms with Crippen LogP contribution in [0, 0.1) is 11.6 Å². The minimum atomic E-state index is -4.61. The summed E-state index contributed by atoms with van der Waals surface area (Å²) in [6, 6.07) is 4.50. The second kappa shape index (κ2) is 9.53. The number of hydrogen-bond acceptors (Lipinski definition) is 6. The smallest absolute Gasteiger partial charge is 0.391 e. The number of rotatable bonds is 6. The minimum absolute atomic E-state index is 0.0163. The molecule has 0 radical (unpaired) electrons. The van der Waals surface area contributed by atoms with E-state index in [0.717, 1.165) is 26.4 Å². The molecule has 1 aromatic heterocycles. The highest BCUT2D eigenvalue weighted by atomic mass is 19.4. The minimum Gasteiger partial charge on any atom is -0.493 e. The third-order valence-corrected chi connectivity index (χ3v) is 5.37. The standard InChI is InChI=1S/C22H21F5N2O5/c1-21(10-22(25,26)27)9-13(12-4-5-14(23)16(24)17(12)32-2)18(34-21)19(30)29-11-6-7-28-15(8-11)20(31)33-3/h4-8,13,18H,9-10H2,1-3H3,(H,28,29,30)/t13-,18+,21+/m0/s1. The molecule has 12 heteroatoms. The normalized spacial score (nSPS) is 22.4. The number of alkyl halides is 3. The van der Waals surface area contributed by atoms with Crippen LogP contribution in [0.2, 0.25) is 0 Å². The fourth-order valence-corrected chi connectivity index (χ4v) is 4.04. The van der Waals surface area contributed by atoms with Gasteiger partial charge in [0.15, 0.2) is 11.6 Å². The third kappa shape index (κ3) is 5.44. The van der Waals surface area contributed by atoms with Crippen LogP contribution in [0.4, 0.5) is 27.6 Å². The van der Waals surface area contributed by atoms with Gasteiger partial charge in [-0.1, -0.05) is 6.07 Å². The van der Waals surface area contributed by atoms with E-state index in [4.69, 9.17) is 9.47 Å². The molecule has 3 atom stereocenters. The molecule has 184 valence electrons. The number of anilines is 1. The molecule has 1 saturated heterocycles. The maximum Gasteiger partial charge on any atom is 0.391 e. The van der Waals surface area contributed by atoms with Gasteiger partial charge in [0.1, 0.15) is 11.8 Å². The molecule has 1 N–H and O–H groups in total. The van der Waals surface area contributed by atoms with Gasteiger partial charge in [-0.15, -0.1) is 0 Å². The van der Waals surface area contributed by atoms with Crippen LogP contribution in [0.3, 0.4) is 0 Å². The number of halogens is 5. The van der Waals surface area contributed by atoms with Gasteiger partial charge in [0.25, 0.3) is 5.91 Å². The summed E-state index contributed by atoms with van der Waals surface area (Å²) in [6.45, 7) is 1.19. The molecule has 2 heterocycles. The van der Waals surface area contributed by atoms with Crippen molar-refractivity contribution in [1.82, 2.24) is 4.98 Å². The number of amides is 1. The molecule has 2 aromatic rings. The molecule has 0 unspecified atom stereocenters. The van der Waals surface area contributed by atoms with Crippen molar-refractivity contribution in [2.24, 2.45) is 0 Å². The molecule has 0 bridgehead atoms. The van der Waals surface area contributed by atoms with Crippen molar-refractivity contribution in [3.63, 3.8) is 0 Å². The highest BCUT2D eigenvalue weighted by molar-refractivity contribution is 5.96. The summed E-state index contributed by atoms with van der Waals surface area (Å²) in [7, 11) is 2.22. The fraction of sp³-hybridized carbons (Fsp3) is 0.409. The lowest BCUT2D eigenvalue weighted by atomic mass is 9.84. The van der Waals surface area contributed by atoms with Gasteiger partial charge in [0.2, 0.25) is 5.82 Å². The molecule has 0 saturated carbocycles. The summed E-state index contributed by atoms with van der Waals surface area (Å²) in [6.07, 6.45) is -6.59. The van der Waals surface area contributed by atoms with E-state index in [2.05, 4.69) is 15.0 Å². The lowest BCUT2D eigenvalue weighted by Crippen LogP contribution is -2.36. The zero-order chi connectivity index (χ0) is 25.3. The summed E-state index contributed by atoms with van der Waals surface area (Å²) in [5.74, 6) is -5.80. The Kier molecular flexibility index (Phi) is 7.10. The average molecular weight is 488 g/mol. The predicted octanol–water partition coefficient (Wildman–Crippen LogP) is 4.38. The monoisotopic (exact) mass is 488 g/mol. The SMILES string of the molecule is COC(=O)c1cc(NC(=O)[C@@H]2O[C@@](C)(CC(F)(F)F)C[C@H]2c2ccc(F)c(F)c2OC)ccn1. The van der Waals surface area contributed by atoms with E-state index < -0.39 is 59.5 Å². The van der Waals surface area contributed by atoms with Crippen LogP contribution in [0.1, 0.15) is 41.7 Å². The van der Waals surface area contributed by atoms with Gasteiger partial charge >= 0.3 is 12.1 Å². The van der Waals surface area contributed by atoms with E-state index in [-0.39, 0.29) is 23.4 Å². The van der Waals surface area contributed by atoms with E-state index in [1.807, 2.05) is 0 Å². The van der Waals surface area contributed by atoms with Crippen molar-refractivity contribution < 1.29 is 45.8 Å². The number of benzene rings is 1. The van der Waals surface area contributed by atoms with Gasteiger partial charge in [0.05, 0.1) is 26.2 Å². The molecule has 1 aliphatic rings. The number of nitrogens with zero attached hydrogens (tertiary/aromatic N) is 1. The third-order valence-electron chi connectivity index (χ3n) is 5.37. The van der Waals surface area contributed by atoms with Gasteiger partial charge in [0, 0.05) is 23.4 Å². The van der Waals surface area contributed by atoms with E-state index in [9.17, 15) is 31.5 Å². The number of methoxy groups -OCH3 is 2. The Morgan fingerprint density at radius 3 is 2.56 bits per heavy atom. The number of carbonyl (C=O) groups is 2. The van der Waals surface area contributed by atoms with Crippen LogP contribution in [-0.2, 0) is 14.3 Å². The van der Waals surface area contributed by atoms with Crippen LogP contribution in [0.5, 0.6) is 5.75 Å². The zero-order valence-corrected chi connectivity index (χ0v) is 18.3. The molecular weight excluding hydrogens is 467 g/mol. The largest absolute Gasteiger partial charge is 0.493 e. The van der Waals surface area contributed by atoms with Gasteiger partial charge in [-0.25, -0.2) is 14.2 Å². The number of hydrogen-bond donors (Lipinski definition) is 1. The molecule has 34 heavy (non-hydrogen) atoms. The number of aromatic nitrogens is 1. The summed E-state index contributed by atoms with van der Waals surface area (Å²) in [4.78, 5) is 28.6.